The summed E-state index contributed by atoms with van der Waals surface area (Å²) in [7, 11) is 0. The first kappa shape index (κ1) is 25.6. The molecule has 0 spiro atoms. The first-order chi connectivity index (χ1) is 17.8. The van der Waals surface area contributed by atoms with Crippen LogP contribution in [0.5, 0.6) is 0 Å². The van der Waals surface area contributed by atoms with Gasteiger partial charge in [0.15, 0.2) is 11.5 Å². The van der Waals surface area contributed by atoms with Crippen molar-refractivity contribution < 1.29 is 9.50 Å². The minimum Gasteiger partial charge on any atom is -0.388 e. The predicted octanol–water partition coefficient (Wildman–Crippen LogP) is 5.91. The maximum atomic E-state index is 14.7. The third kappa shape index (κ3) is 5.32. The molecule has 4 aromatic rings. The van der Waals surface area contributed by atoms with Crippen molar-refractivity contribution in [3.63, 3.8) is 0 Å². The number of nitrogens with zero attached hydrogens (tertiary/aromatic N) is 5. The summed E-state index contributed by atoms with van der Waals surface area (Å²) in [6, 6.07) is 11.9. The molecule has 1 aliphatic rings. The van der Waals surface area contributed by atoms with E-state index >= 15 is 0 Å². The number of aromatic nitrogens is 4. The van der Waals surface area contributed by atoms with Gasteiger partial charge in [0.25, 0.3) is 0 Å². The van der Waals surface area contributed by atoms with Crippen molar-refractivity contribution >= 4 is 23.2 Å². The summed E-state index contributed by atoms with van der Waals surface area (Å²) in [5, 5.41) is 14.7. The molecule has 1 fully saturated rings. The van der Waals surface area contributed by atoms with Crippen molar-refractivity contribution in [2.45, 2.75) is 51.8 Å². The maximum absolute atomic E-state index is 14.7. The molecule has 3 aromatic heterocycles. The van der Waals surface area contributed by atoms with Crippen LogP contribution in [0.1, 0.15) is 56.9 Å². The quantitative estimate of drug-likeness (QED) is 0.314. The fourth-order valence-electron chi connectivity index (χ4n) is 5.05. The van der Waals surface area contributed by atoms with Gasteiger partial charge < -0.3 is 15.3 Å². The summed E-state index contributed by atoms with van der Waals surface area (Å²) in [5.74, 6) is 0.0383. The van der Waals surface area contributed by atoms with Crippen LogP contribution < -0.4 is 5.32 Å². The Morgan fingerprint density at radius 2 is 1.73 bits per heavy atom. The molecule has 1 aliphatic heterocycles. The molecule has 7 nitrogen and oxygen atoms in total. The van der Waals surface area contributed by atoms with Crippen molar-refractivity contribution in [2.24, 2.45) is 5.92 Å². The lowest BCUT2D eigenvalue weighted by Gasteiger charge is -2.36. The zero-order valence-corrected chi connectivity index (χ0v) is 22.0. The number of pyridine rings is 1. The number of hydrogen-bond acceptors (Lipinski definition) is 6. The number of imidazole rings is 1. The molecule has 1 aromatic carbocycles. The van der Waals surface area contributed by atoms with Crippen LogP contribution in [0.4, 0.5) is 10.3 Å². The Morgan fingerprint density at radius 1 is 1.03 bits per heavy atom. The molecule has 0 saturated carbocycles. The summed E-state index contributed by atoms with van der Waals surface area (Å²) >= 11 is 6.22. The average molecular weight is 523 g/mol. The lowest BCUT2D eigenvalue weighted by molar-refractivity contribution is 0.0499. The highest BCUT2D eigenvalue weighted by Crippen LogP contribution is 2.32. The highest BCUT2D eigenvalue weighted by atomic mass is 35.5. The van der Waals surface area contributed by atoms with Gasteiger partial charge in [-0.15, -0.1) is 0 Å². The van der Waals surface area contributed by atoms with E-state index in [-0.39, 0.29) is 17.7 Å². The van der Waals surface area contributed by atoms with E-state index in [1.54, 1.807) is 28.9 Å². The topological polar surface area (TPSA) is 78.6 Å². The molecule has 1 saturated heterocycles. The van der Waals surface area contributed by atoms with Crippen LogP contribution in [0.2, 0.25) is 5.02 Å². The van der Waals surface area contributed by atoms with Crippen LogP contribution in [-0.2, 0) is 0 Å². The first-order valence-corrected chi connectivity index (χ1v) is 13.1. The van der Waals surface area contributed by atoms with Crippen LogP contribution >= 0.6 is 11.6 Å². The van der Waals surface area contributed by atoms with Crippen molar-refractivity contribution in [3.8, 4) is 11.4 Å². The number of hydrogen-bond donors (Lipinski definition) is 2. The summed E-state index contributed by atoms with van der Waals surface area (Å²) in [5.41, 5.74) is 3.12. The molecule has 2 atom stereocenters. The van der Waals surface area contributed by atoms with Gasteiger partial charge in [0, 0.05) is 12.2 Å². The van der Waals surface area contributed by atoms with Crippen molar-refractivity contribution in [3.05, 3.63) is 77.0 Å². The first-order valence-electron chi connectivity index (χ1n) is 12.7. The van der Waals surface area contributed by atoms with Crippen LogP contribution in [0.25, 0.3) is 17.0 Å². The molecule has 9 heteroatoms. The number of rotatable bonds is 7. The highest BCUT2D eigenvalue weighted by Gasteiger charge is 2.27. The highest BCUT2D eigenvalue weighted by molar-refractivity contribution is 6.33. The van der Waals surface area contributed by atoms with Crippen molar-refractivity contribution in [2.75, 3.05) is 18.4 Å². The summed E-state index contributed by atoms with van der Waals surface area (Å²) < 4.78 is 16.4. The SMILES string of the molecule is CC(C)N1CCC(C(O)c2ccc([C@H](C)Nc3ncc(F)c(-c4cnc5c(Cl)cccn45)n3)cc2)CC1. The van der Waals surface area contributed by atoms with Gasteiger partial charge in [0.05, 0.1) is 35.3 Å². The molecule has 0 amide bonds. The van der Waals surface area contributed by atoms with Gasteiger partial charge in [-0.3, -0.25) is 4.40 Å². The lowest BCUT2D eigenvalue weighted by Crippen LogP contribution is -2.39. The largest absolute Gasteiger partial charge is 0.388 e. The minimum atomic E-state index is -0.544. The lowest BCUT2D eigenvalue weighted by atomic mass is 9.86. The molecule has 0 radical (unpaired) electrons. The van der Waals surface area contributed by atoms with E-state index in [1.807, 2.05) is 31.2 Å². The standard InChI is InChI=1S/C28H32ClFN6O/c1-17(2)35-13-10-21(11-14-35)26(37)20-8-6-19(7-9-20)18(3)33-28-32-15-23(30)25(34-28)24-16-31-27-22(29)5-4-12-36(24)27/h4-9,12,15-18,21,26,37H,10-11,13-14H2,1-3H3,(H,32,33,34)/t18-,26?/m0/s1. The zero-order chi connectivity index (χ0) is 26.1. The van der Waals surface area contributed by atoms with Crippen molar-refractivity contribution in [1.82, 2.24) is 24.3 Å². The van der Waals surface area contributed by atoms with Gasteiger partial charge in [0.2, 0.25) is 5.95 Å². The van der Waals surface area contributed by atoms with E-state index in [9.17, 15) is 9.50 Å². The Morgan fingerprint density at radius 3 is 2.43 bits per heavy atom. The summed E-state index contributed by atoms with van der Waals surface area (Å²) in [4.78, 5) is 15.3. The number of piperidine rings is 1. The Labute approximate surface area is 221 Å². The number of fused-ring (bicyclic) bond motifs is 1. The second-order valence-corrected chi connectivity index (χ2v) is 10.4. The average Bonchev–Trinajstić information content (AvgIpc) is 3.35. The number of aliphatic hydroxyl groups is 1. The van der Waals surface area contributed by atoms with E-state index in [4.69, 9.17) is 11.6 Å². The molecule has 1 unspecified atom stereocenters. The molecular weight excluding hydrogens is 491 g/mol. The Kier molecular flexibility index (Phi) is 7.42. The third-order valence-electron chi connectivity index (χ3n) is 7.35. The van der Waals surface area contributed by atoms with Gasteiger partial charge in [0.1, 0.15) is 5.69 Å². The summed E-state index contributed by atoms with van der Waals surface area (Å²) in [6.07, 6.45) is 6.02. The van der Waals surface area contributed by atoms with Gasteiger partial charge in [-0.05, 0) is 75.9 Å². The van der Waals surface area contributed by atoms with Crippen molar-refractivity contribution in [1.29, 1.82) is 0 Å². The van der Waals surface area contributed by atoms with Gasteiger partial charge >= 0.3 is 0 Å². The number of anilines is 1. The fraction of sp³-hybridized carbons (Fsp3) is 0.393. The normalized spacial score (nSPS) is 16.8. The van der Waals surface area contributed by atoms with E-state index in [0.717, 1.165) is 43.3 Å². The smallest absolute Gasteiger partial charge is 0.223 e. The van der Waals surface area contributed by atoms with Crippen LogP contribution in [0.3, 0.4) is 0 Å². The molecule has 2 N–H and O–H groups in total. The Bertz CT molecular complexity index is 1370. The number of aliphatic hydroxyl groups excluding tert-OH is 1. The van der Waals surface area contributed by atoms with E-state index < -0.39 is 11.9 Å². The monoisotopic (exact) mass is 522 g/mol. The number of benzene rings is 1. The molecule has 37 heavy (non-hydrogen) atoms. The number of nitrogens with one attached hydrogen (secondary N) is 1. The Hall–Kier alpha value is -3.07. The number of likely N-dealkylation sites (tertiary alicyclic amines) is 1. The predicted molar refractivity (Wildman–Crippen MR) is 144 cm³/mol. The summed E-state index contributed by atoms with van der Waals surface area (Å²) in [6.45, 7) is 8.49. The number of halogens is 2. The van der Waals surface area contributed by atoms with Crippen LogP contribution in [-0.4, -0.2) is 48.5 Å². The third-order valence-corrected chi connectivity index (χ3v) is 7.64. The molecule has 0 aliphatic carbocycles. The Balaban J connectivity index is 1.28. The van der Waals surface area contributed by atoms with Gasteiger partial charge in [-0.25, -0.2) is 19.3 Å². The maximum Gasteiger partial charge on any atom is 0.223 e. The molecule has 4 heterocycles. The second-order valence-electron chi connectivity index (χ2n) is 10.0. The molecule has 194 valence electrons. The van der Waals surface area contributed by atoms with Crippen LogP contribution in [0.15, 0.2) is 55.0 Å². The molecular formula is C28H32ClFN6O. The van der Waals surface area contributed by atoms with E-state index in [1.165, 1.54) is 0 Å². The van der Waals surface area contributed by atoms with E-state index in [0.29, 0.717) is 28.4 Å². The molecule has 0 bridgehead atoms. The van der Waals surface area contributed by atoms with Gasteiger partial charge in [-0.1, -0.05) is 35.9 Å². The fourth-order valence-corrected chi connectivity index (χ4v) is 5.26. The van der Waals surface area contributed by atoms with E-state index in [2.05, 4.69) is 39.0 Å². The van der Waals surface area contributed by atoms with Crippen LogP contribution in [0, 0.1) is 11.7 Å². The zero-order valence-electron chi connectivity index (χ0n) is 21.3. The van der Waals surface area contributed by atoms with Gasteiger partial charge in [-0.2, -0.15) is 0 Å². The molecule has 5 rings (SSSR count). The minimum absolute atomic E-state index is 0.129. The second kappa shape index (κ2) is 10.7.